The van der Waals surface area contributed by atoms with Gasteiger partial charge in [-0.3, -0.25) is 0 Å². The van der Waals surface area contributed by atoms with Crippen molar-refractivity contribution in [2.45, 2.75) is 35.5 Å². The van der Waals surface area contributed by atoms with Crippen molar-refractivity contribution in [3.63, 3.8) is 0 Å². The molecule has 37 heavy (non-hydrogen) atoms. The highest BCUT2D eigenvalue weighted by atomic mass is 32.2. The van der Waals surface area contributed by atoms with Crippen LogP contribution in [0.15, 0.2) is 109 Å². The Morgan fingerprint density at radius 3 is 1.14 bits per heavy atom. The van der Waals surface area contributed by atoms with Gasteiger partial charge in [0.2, 0.25) is 10.0 Å². The number of sulfonamides is 1. The first kappa shape index (κ1) is 27.0. The second kappa shape index (κ2) is 10.0. The molecule has 3 aromatic rings. The summed E-state index contributed by atoms with van der Waals surface area (Å²) in [5, 5.41) is 1.94. The van der Waals surface area contributed by atoms with Crippen LogP contribution >= 0.6 is 0 Å². The Bertz CT molecular complexity index is 1610. The first-order valence-corrected chi connectivity index (χ1v) is 15.9. The smallest absolute Gasteiger partial charge is 0.219 e. The topological polar surface area (TPSA) is 106 Å². The summed E-state index contributed by atoms with van der Waals surface area (Å²) >= 11 is 0. The van der Waals surface area contributed by atoms with Crippen LogP contribution in [-0.4, -0.2) is 42.6 Å². The number of benzene rings is 3. The lowest BCUT2D eigenvalue weighted by molar-refractivity contribution is 0.489. The fourth-order valence-corrected chi connectivity index (χ4v) is 7.76. The third-order valence-electron chi connectivity index (χ3n) is 6.06. The van der Waals surface area contributed by atoms with Gasteiger partial charge >= 0.3 is 0 Å². The highest BCUT2D eigenvalue weighted by Crippen LogP contribution is 2.31. The van der Waals surface area contributed by atoms with Crippen LogP contribution in [0, 0.1) is 20.8 Å². The second-order valence-electron chi connectivity index (χ2n) is 9.09. The summed E-state index contributed by atoms with van der Waals surface area (Å²) in [6.45, 7) is 4.93. The Balaban J connectivity index is 1.81. The zero-order valence-corrected chi connectivity index (χ0v) is 23.1. The van der Waals surface area contributed by atoms with Crippen molar-refractivity contribution in [2.75, 3.05) is 13.1 Å². The van der Waals surface area contributed by atoms with Crippen molar-refractivity contribution in [2.24, 2.45) is 0 Å². The third kappa shape index (κ3) is 5.93. The molecule has 0 aromatic heterocycles. The van der Waals surface area contributed by atoms with Crippen LogP contribution in [0.5, 0.6) is 0 Å². The van der Waals surface area contributed by atoms with E-state index in [-0.39, 0.29) is 38.9 Å². The van der Waals surface area contributed by atoms with Crippen LogP contribution in [0.2, 0.25) is 0 Å². The zero-order chi connectivity index (χ0) is 27.0. The maximum atomic E-state index is 13.4. The average molecular weight is 558 g/mol. The predicted molar refractivity (Wildman–Crippen MR) is 143 cm³/mol. The molecule has 0 bridgehead atoms. The van der Waals surface area contributed by atoms with Crippen LogP contribution in [-0.2, 0) is 29.7 Å². The number of hydrogen-bond donors (Lipinski definition) is 0. The molecule has 3 aromatic carbocycles. The van der Waals surface area contributed by atoms with E-state index in [9.17, 15) is 25.3 Å². The van der Waals surface area contributed by atoms with Gasteiger partial charge in [-0.2, -0.15) is 4.31 Å². The Hall–Kier alpha value is -3.05. The van der Waals surface area contributed by atoms with Crippen LogP contribution in [0.3, 0.4) is 0 Å². The normalized spacial score (nSPS) is 17.5. The SMILES string of the molecule is Cc1ccc(S(=O)(=O)/C=C2\CN(S(=O)(=O)c3ccc(C)cc3)C\C2=C/S(=O)(=O)c2ccc(C)cc2)cc1. The van der Waals surface area contributed by atoms with Crippen molar-refractivity contribution in [3.05, 3.63) is 111 Å². The van der Waals surface area contributed by atoms with Gasteiger partial charge in [0.25, 0.3) is 0 Å². The highest BCUT2D eigenvalue weighted by molar-refractivity contribution is 7.94. The molecule has 0 unspecified atom stereocenters. The molecule has 0 saturated carbocycles. The quantitative estimate of drug-likeness (QED) is 0.447. The van der Waals surface area contributed by atoms with Gasteiger partial charge in [0.1, 0.15) is 0 Å². The summed E-state index contributed by atoms with van der Waals surface area (Å²) in [5.74, 6) is 0. The average Bonchev–Trinajstić information content (AvgIpc) is 3.21. The van der Waals surface area contributed by atoms with Crippen LogP contribution in [0.4, 0.5) is 0 Å². The fourth-order valence-electron chi connectivity index (χ4n) is 3.86. The van der Waals surface area contributed by atoms with E-state index in [4.69, 9.17) is 0 Å². The summed E-state index contributed by atoms with van der Waals surface area (Å²) in [7, 11) is -12.0. The van der Waals surface area contributed by atoms with Crippen molar-refractivity contribution in [3.8, 4) is 0 Å². The largest absolute Gasteiger partial charge is 0.243 e. The molecule has 1 aliphatic rings. The summed E-state index contributed by atoms with van der Waals surface area (Å²) in [6.07, 6.45) is 0. The predicted octanol–water partition coefficient (Wildman–Crippen LogP) is 4.33. The number of hydrogen-bond acceptors (Lipinski definition) is 6. The molecule has 1 fully saturated rings. The van der Waals surface area contributed by atoms with Crippen molar-refractivity contribution in [1.29, 1.82) is 0 Å². The summed E-state index contributed by atoms with van der Waals surface area (Å²) in [5.41, 5.74) is 2.86. The van der Waals surface area contributed by atoms with E-state index in [2.05, 4.69) is 0 Å². The number of nitrogens with zero attached hydrogens (tertiary/aromatic N) is 1. The molecular weight excluding hydrogens is 530 g/mol. The third-order valence-corrected chi connectivity index (χ3v) is 10.9. The molecule has 0 amide bonds. The van der Waals surface area contributed by atoms with Gasteiger partial charge in [-0.25, -0.2) is 25.3 Å². The molecule has 0 spiro atoms. The van der Waals surface area contributed by atoms with E-state index in [1.807, 2.05) is 20.8 Å². The molecule has 0 atom stereocenters. The maximum Gasteiger partial charge on any atom is 0.243 e. The lowest BCUT2D eigenvalue weighted by Crippen LogP contribution is -2.28. The van der Waals surface area contributed by atoms with Crippen LogP contribution in [0.25, 0.3) is 0 Å². The van der Waals surface area contributed by atoms with Gasteiger partial charge in [0, 0.05) is 23.9 Å². The molecule has 194 valence electrons. The van der Waals surface area contributed by atoms with E-state index < -0.39 is 29.7 Å². The molecule has 7 nitrogen and oxygen atoms in total. The number of sulfone groups is 2. The Morgan fingerprint density at radius 2 is 0.811 bits per heavy atom. The van der Waals surface area contributed by atoms with E-state index in [1.54, 1.807) is 36.4 Å². The van der Waals surface area contributed by atoms with Gasteiger partial charge in [0.15, 0.2) is 19.7 Å². The van der Waals surface area contributed by atoms with E-state index >= 15 is 0 Å². The Morgan fingerprint density at radius 1 is 0.514 bits per heavy atom. The van der Waals surface area contributed by atoms with E-state index in [0.717, 1.165) is 31.8 Å². The molecule has 0 N–H and O–H groups in total. The van der Waals surface area contributed by atoms with Gasteiger partial charge in [-0.05, 0) is 68.3 Å². The molecule has 1 saturated heterocycles. The second-order valence-corrected chi connectivity index (χ2v) is 14.6. The summed E-state index contributed by atoms with van der Waals surface area (Å²) < 4.78 is 80.4. The minimum Gasteiger partial charge on any atom is -0.219 e. The lowest BCUT2D eigenvalue weighted by atomic mass is 10.2. The van der Waals surface area contributed by atoms with Gasteiger partial charge in [-0.15, -0.1) is 0 Å². The van der Waals surface area contributed by atoms with Crippen molar-refractivity contribution >= 4 is 29.7 Å². The molecule has 4 rings (SSSR count). The van der Waals surface area contributed by atoms with Gasteiger partial charge in [-0.1, -0.05) is 53.1 Å². The first-order valence-electron chi connectivity index (χ1n) is 11.4. The van der Waals surface area contributed by atoms with Crippen LogP contribution < -0.4 is 0 Å². The molecule has 1 heterocycles. The van der Waals surface area contributed by atoms with Crippen LogP contribution in [0.1, 0.15) is 16.7 Å². The van der Waals surface area contributed by atoms with Gasteiger partial charge < -0.3 is 0 Å². The minimum atomic E-state index is -4.01. The summed E-state index contributed by atoms with van der Waals surface area (Å²) in [6, 6.07) is 18.8. The molecule has 0 aliphatic carbocycles. The highest BCUT2D eigenvalue weighted by Gasteiger charge is 2.34. The standard InChI is InChI=1S/C27H27NO6S3/c1-20-4-10-25(11-5-20)35(29,30)18-23-16-28(37(33,34)27-14-8-22(3)9-15-27)17-24(23)19-36(31,32)26-12-6-21(2)7-13-26/h4-15,18-19H,16-17H2,1-3H3/b23-18+,24-19+. The lowest BCUT2D eigenvalue weighted by Gasteiger charge is -2.15. The Labute approximate surface area is 218 Å². The molecule has 0 radical (unpaired) electrons. The first-order chi connectivity index (χ1) is 17.3. The van der Waals surface area contributed by atoms with E-state index in [1.165, 1.54) is 36.4 Å². The van der Waals surface area contributed by atoms with E-state index in [0.29, 0.717) is 0 Å². The minimum absolute atomic E-state index is 0.0335. The zero-order valence-electron chi connectivity index (χ0n) is 20.6. The molecule has 1 aliphatic heterocycles. The maximum absolute atomic E-state index is 13.4. The van der Waals surface area contributed by atoms with Crippen molar-refractivity contribution in [1.82, 2.24) is 4.31 Å². The van der Waals surface area contributed by atoms with Gasteiger partial charge in [0.05, 0.1) is 14.7 Å². The Kier molecular flexibility index (Phi) is 7.31. The molecular formula is C27H27NO6S3. The van der Waals surface area contributed by atoms with Crippen molar-refractivity contribution < 1.29 is 25.3 Å². The molecule has 10 heteroatoms. The number of rotatable bonds is 6. The fraction of sp³-hybridized carbons (Fsp3) is 0.185. The monoisotopic (exact) mass is 557 g/mol. The summed E-state index contributed by atoms with van der Waals surface area (Å²) in [4.78, 5) is 0.110. The number of aryl methyl sites for hydroxylation is 3.